The first-order valence-corrected chi connectivity index (χ1v) is 9.68. The summed E-state index contributed by atoms with van der Waals surface area (Å²) < 4.78 is 12.6. The monoisotopic (exact) mass is 404 g/mol. The number of nitrogens with one attached hydrogen (secondary N) is 1. The quantitative estimate of drug-likeness (QED) is 0.463. The summed E-state index contributed by atoms with van der Waals surface area (Å²) in [7, 11) is 3.26. The molecule has 0 unspecified atom stereocenters. The number of hydrogen-bond acceptors (Lipinski definition) is 7. The fourth-order valence-corrected chi connectivity index (χ4v) is 3.15. The molecule has 0 radical (unpaired) electrons. The SMILES string of the molecule is COc1cc(Nc2ccc3ncc(-c4cnn(CCCN)c4)nc3c2)cc(OC)c1. The van der Waals surface area contributed by atoms with Gasteiger partial charge in [0.1, 0.15) is 11.5 Å². The number of ether oxygens (including phenoxy) is 2. The van der Waals surface area contributed by atoms with E-state index in [9.17, 15) is 0 Å². The summed E-state index contributed by atoms with van der Waals surface area (Å²) in [5.41, 5.74) is 10.6. The number of anilines is 2. The molecule has 0 saturated heterocycles. The average Bonchev–Trinajstić information content (AvgIpc) is 3.26. The fourth-order valence-electron chi connectivity index (χ4n) is 3.15. The summed E-state index contributed by atoms with van der Waals surface area (Å²) in [6, 6.07) is 11.5. The lowest BCUT2D eigenvalue weighted by atomic mass is 10.2. The van der Waals surface area contributed by atoms with Crippen LogP contribution in [0.1, 0.15) is 6.42 Å². The maximum Gasteiger partial charge on any atom is 0.124 e. The number of rotatable bonds is 8. The van der Waals surface area contributed by atoms with E-state index in [0.29, 0.717) is 18.0 Å². The van der Waals surface area contributed by atoms with Crippen molar-refractivity contribution in [1.29, 1.82) is 0 Å². The molecule has 154 valence electrons. The van der Waals surface area contributed by atoms with Crippen molar-refractivity contribution >= 4 is 22.4 Å². The summed E-state index contributed by atoms with van der Waals surface area (Å²) >= 11 is 0. The van der Waals surface area contributed by atoms with Gasteiger partial charge in [0.2, 0.25) is 0 Å². The van der Waals surface area contributed by atoms with Gasteiger partial charge >= 0.3 is 0 Å². The normalized spacial score (nSPS) is 10.9. The molecule has 4 rings (SSSR count). The molecule has 3 N–H and O–H groups in total. The lowest BCUT2D eigenvalue weighted by Crippen LogP contribution is -2.05. The molecule has 0 fully saturated rings. The van der Waals surface area contributed by atoms with Crippen LogP contribution in [0.3, 0.4) is 0 Å². The summed E-state index contributed by atoms with van der Waals surface area (Å²) in [5, 5.41) is 7.75. The number of aryl methyl sites for hydroxylation is 1. The van der Waals surface area contributed by atoms with Gasteiger partial charge in [0, 0.05) is 47.9 Å². The molecular formula is C22H24N6O2. The Labute approximate surface area is 174 Å². The van der Waals surface area contributed by atoms with Crippen molar-refractivity contribution < 1.29 is 9.47 Å². The highest BCUT2D eigenvalue weighted by Crippen LogP contribution is 2.29. The largest absolute Gasteiger partial charge is 0.497 e. The maximum atomic E-state index is 5.57. The topological polar surface area (TPSA) is 100 Å². The predicted molar refractivity (Wildman–Crippen MR) is 117 cm³/mol. The number of hydrogen-bond donors (Lipinski definition) is 2. The van der Waals surface area contributed by atoms with Crippen LogP contribution in [-0.2, 0) is 6.54 Å². The molecule has 0 aliphatic rings. The first-order chi connectivity index (χ1) is 14.7. The number of nitrogens with zero attached hydrogens (tertiary/aromatic N) is 4. The molecule has 2 aromatic heterocycles. The standard InChI is InChI=1S/C22H24N6O2/c1-29-18-8-17(9-19(11-18)30-2)26-16-4-5-20-21(10-16)27-22(13-24-20)15-12-25-28(14-15)7-3-6-23/h4-5,8-14,26H,3,6-7,23H2,1-2H3. The van der Waals surface area contributed by atoms with Gasteiger partial charge < -0.3 is 20.5 Å². The van der Waals surface area contributed by atoms with Gasteiger partial charge in [0.25, 0.3) is 0 Å². The van der Waals surface area contributed by atoms with Crippen LogP contribution in [0, 0.1) is 0 Å². The average molecular weight is 404 g/mol. The first kappa shape index (κ1) is 19.7. The second kappa shape index (κ2) is 8.79. The summed E-state index contributed by atoms with van der Waals surface area (Å²) in [5.74, 6) is 1.43. The van der Waals surface area contributed by atoms with Crippen LogP contribution >= 0.6 is 0 Å². The van der Waals surface area contributed by atoms with Crippen molar-refractivity contribution in [3.8, 4) is 22.8 Å². The molecule has 0 amide bonds. The Hall–Kier alpha value is -3.65. The molecule has 8 heteroatoms. The molecule has 0 aliphatic carbocycles. The van der Waals surface area contributed by atoms with Crippen LogP contribution in [0.4, 0.5) is 11.4 Å². The van der Waals surface area contributed by atoms with E-state index in [1.54, 1.807) is 26.6 Å². The van der Waals surface area contributed by atoms with E-state index in [0.717, 1.165) is 46.6 Å². The molecule has 4 aromatic rings. The fraction of sp³-hybridized carbons (Fsp3) is 0.227. The Morgan fingerprint density at radius 1 is 0.967 bits per heavy atom. The molecule has 0 bridgehead atoms. The van der Waals surface area contributed by atoms with Crippen LogP contribution in [-0.4, -0.2) is 40.5 Å². The molecule has 2 aromatic carbocycles. The van der Waals surface area contributed by atoms with E-state index in [4.69, 9.17) is 20.2 Å². The zero-order valence-electron chi connectivity index (χ0n) is 17.0. The minimum absolute atomic E-state index is 0.639. The van der Waals surface area contributed by atoms with Crippen LogP contribution in [0.5, 0.6) is 11.5 Å². The van der Waals surface area contributed by atoms with E-state index in [-0.39, 0.29) is 0 Å². The number of aromatic nitrogens is 4. The van der Waals surface area contributed by atoms with Crippen molar-refractivity contribution in [3.05, 3.63) is 55.0 Å². The van der Waals surface area contributed by atoms with Crippen molar-refractivity contribution in [1.82, 2.24) is 19.7 Å². The lowest BCUT2D eigenvalue weighted by Gasteiger charge is -2.11. The Morgan fingerprint density at radius 3 is 2.50 bits per heavy atom. The van der Waals surface area contributed by atoms with E-state index < -0.39 is 0 Å². The number of benzene rings is 2. The molecule has 30 heavy (non-hydrogen) atoms. The van der Waals surface area contributed by atoms with Gasteiger partial charge in [-0.2, -0.15) is 5.10 Å². The molecule has 0 saturated carbocycles. The Morgan fingerprint density at radius 2 is 1.77 bits per heavy atom. The predicted octanol–water partition coefficient (Wildman–Crippen LogP) is 3.60. The van der Waals surface area contributed by atoms with Gasteiger partial charge in [-0.05, 0) is 31.2 Å². The Bertz CT molecular complexity index is 1140. The molecule has 8 nitrogen and oxygen atoms in total. The zero-order chi connectivity index (χ0) is 20.9. The first-order valence-electron chi connectivity index (χ1n) is 9.68. The molecule has 0 spiro atoms. The molecule has 2 heterocycles. The molecular weight excluding hydrogens is 380 g/mol. The van der Waals surface area contributed by atoms with Gasteiger partial charge in [-0.1, -0.05) is 0 Å². The van der Waals surface area contributed by atoms with Crippen LogP contribution in [0.25, 0.3) is 22.3 Å². The van der Waals surface area contributed by atoms with Crippen LogP contribution < -0.4 is 20.5 Å². The van der Waals surface area contributed by atoms with Crippen LogP contribution in [0.15, 0.2) is 55.0 Å². The minimum atomic E-state index is 0.639. The molecule has 0 atom stereocenters. The minimum Gasteiger partial charge on any atom is -0.497 e. The van der Waals surface area contributed by atoms with Gasteiger partial charge in [0.15, 0.2) is 0 Å². The Balaban J connectivity index is 1.61. The van der Waals surface area contributed by atoms with Crippen molar-refractivity contribution in [3.63, 3.8) is 0 Å². The number of methoxy groups -OCH3 is 2. The van der Waals surface area contributed by atoms with Crippen LogP contribution in [0.2, 0.25) is 0 Å². The van der Waals surface area contributed by atoms with Gasteiger partial charge in [-0.15, -0.1) is 0 Å². The second-order valence-electron chi connectivity index (χ2n) is 6.82. The van der Waals surface area contributed by atoms with Crippen molar-refractivity contribution in [2.45, 2.75) is 13.0 Å². The third-order valence-corrected chi connectivity index (χ3v) is 4.70. The molecule has 0 aliphatic heterocycles. The van der Waals surface area contributed by atoms with Crippen molar-refractivity contribution in [2.24, 2.45) is 5.73 Å². The van der Waals surface area contributed by atoms with Gasteiger partial charge in [-0.25, -0.2) is 4.98 Å². The van der Waals surface area contributed by atoms with Crippen molar-refractivity contribution in [2.75, 3.05) is 26.1 Å². The highest BCUT2D eigenvalue weighted by atomic mass is 16.5. The number of fused-ring (bicyclic) bond motifs is 1. The summed E-state index contributed by atoms with van der Waals surface area (Å²) in [6.45, 7) is 1.43. The van der Waals surface area contributed by atoms with Gasteiger partial charge in [0.05, 0.1) is 43.3 Å². The Kier molecular flexibility index (Phi) is 5.76. The zero-order valence-corrected chi connectivity index (χ0v) is 17.0. The second-order valence-corrected chi connectivity index (χ2v) is 6.82. The maximum absolute atomic E-state index is 5.57. The van der Waals surface area contributed by atoms with E-state index in [1.807, 2.05) is 47.3 Å². The summed E-state index contributed by atoms with van der Waals surface area (Å²) in [4.78, 5) is 9.32. The third-order valence-electron chi connectivity index (χ3n) is 4.70. The highest BCUT2D eigenvalue weighted by molar-refractivity contribution is 5.82. The van der Waals surface area contributed by atoms with E-state index in [1.165, 1.54) is 0 Å². The smallest absolute Gasteiger partial charge is 0.124 e. The van der Waals surface area contributed by atoms with Gasteiger partial charge in [-0.3, -0.25) is 9.67 Å². The van der Waals surface area contributed by atoms with E-state index in [2.05, 4.69) is 15.4 Å². The lowest BCUT2D eigenvalue weighted by molar-refractivity contribution is 0.395. The number of nitrogens with two attached hydrogens (primary N) is 1. The van der Waals surface area contributed by atoms with E-state index >= 15 is 0 Å². The summed E-state index contributed by atoms with van der Waals surface area (Å²) in [6.07, 6.45) is 6.42. The highest BCUT2D eigenvalue weighted by Gasteiger charge is 2.08. The third kappa shape index (κ3) is 4.33.